The number of nitrogens with one attached hydrogen (secondary N) is 1. The van der Waals surface area contributed by atoms with Crippen LogP contribution in [0, 0.1) is 6.92 Å². The van der Waals surface area contributed by atoms with Gasteiger partial charge in [0.05, 0.1) is 6.54 Å². The van der Waals surface area contributed by atoms with Crippen LogP contribution in [0.15, 0.2) is 30.9 Å². The summed E-state index contributed by atoms with van der Waals surface area (Å²) in [7, 11) is 0. The Kier molecular flexibility index (Phi) is 4.33. The van der Waals surface area contributed by atoms with Crippen LogP contribution in [0.1, 0.15) is 18.1 Å². The van der Waals surface area contributed by atoms with Crippen molar-refractivity contribution in [2.45, 2.75) is 33.0 Å². The highest BCUT2D eigenvalue weighted by Gasteiger charge is 2.05. The minimum atomic E-state index is 0.335. The van der Waals surface area contributed by atoms with Crippen LogP contribution in [0.3, 0.4) is 0 Å². The number of benzene rings is 1. The molecule has 1 aromatic carbocycles. The van der Waals surface area contributed by atoms with Crippen LogP contribution in [-0.2, 0) is 13.1 Å². The van der Waals surface area contributed by atoms with Crippen molar-refractivity contribution in [1.29, 1.82) is 0 Å². The molecule has 1 heterocycles. The minimum Gasteiger partial charge on any atom is -0.308 e. The molecule has 4 nitrogen and oxygen atoms in total. The van der Waals surface area contributed by atoms with E-state index in [0.717, 1.165) is 18.1 Å². The van der Waals surface area contributed by atoms with Crippen molar-refractivity contribution in [3.63, 3.8) is 0 Å². The topological polar surface area (TPSA) is 42.7 Å². The molecule has 5 heteroatoms. The first kappa shape index (κ1) is 13.1. The maximum absolute atomic E-state index is 5.94. The summed E-state index contributed by atoms with van der Waals surface area (Å²) in [4.78, 5) is 3.93. The predicted molar refractivity (Wildman–Crippen MR) is 72.5 cm³/mol. The molecule has 0 unspecified atom stereocenters. The molecule has 0 aliphatic carbocycles. The lowest BCUT2D eigenvalue weighted by atomic mass is 10.1. The van der Waals surface area contributed by atoms with Gasteiger partial charge in [0.1, 0.15) is 12.7 Å². The summed E-state index contributed by atoms with van der Waals surface area (Å²) in [5.41, 5.74) is 2.48. The summed E-state index contributed by atoms with van der Waals surface area (Å²) < 4.78 is 1.83. The molecular formula is C13H17ClN4. The lowest BCUT2D eigenvalue weighted by Crippen LogP contribution is -2.30. The smallest absolute Gasteiger partial charge is 0.137 e. The van der Waals surface area contributed by atoms with Crippen LogP contribution in [0.25, 0.3) is 0 Å². The van der Waals surface area contributed by atoms with Gasteiger partial charge in [-0.05, 0) is 37.1 Å². The maximum Gasteiger partial charge on any atom is 0.137 e. The molecule has 0 saturated carbocycles. The Labute approximate surface area is 112 Å². The fraction of sp³-hybridized carbons (Fsp3) is 0.385. The van der Waals surface area contributed by atoms with Crippen LogP contribution in [0.5, 0.6) is 0 Å². The van der Waals surface area contributed by atoms with Crippen molar-refractivity contribution in [1.82, 2.24) is 20.1 Å². The van der Waals surface area contributed by atoms with Gasteiger partial charge in [0.2, 0.25) is 0 Å². The molecule has 0 bridgehead atoms. The normalized spacial score (nSPS) is 12.6. The van der Waals surface area contributed by atoms with E-state index in [1.54, 1.807) is 12.7 Å². The van der Waals surface area contributed by atoms with E-state index < -0.39 is 0 Å². The first-order chi connectivity index (χ1) is 8.65. The average Bonchev–Trinajstić information content (AvgIpc) is 2.80. The van der Waals surface area contributed by atoms with E-state index in [1.165, 1.54) is 11.1 Å². The second-order valence-corrected chi connectivity index (χ2v) is 4.91. The third kappa shape index (κ3) is 3.55. The van der Waals surface area contributed by atoms with Crippen molar-refractivity contribution >= 4 is 11.6 Å². The van der Waals surface area contributed by atoms with Crippen molar-refractivity contribution < 1.29 is 0 Å². The van der Waals surface area contributed by atoms with E-state index in [0.29, 0.717) is 6.04 Å². The molecule has 0 radical (unpaired) electrons. The number of aryl methyl sites for hydroxylation is 1. The fourth-order valence-corrected chi connectivity index (χ4v) is 2.04. The standard InChI is InChI=1S/C13H17ClN4/c1-10-5-13(14)4-3-12(10)6-16-11(2)7-18-9-15-8-17-18/h3-5,8-9,11,16H,6-7H2,1-2H3/t11-/m0/s1. The van der Waals surface area contributed by atoms with E-state index in [9.17, 15) is 0 Å². The van der Waals surface area contributed by atoms with Gasteiger partial charge in [-0.15, -0.1) is 0 Å². The van der Waals surface area contributed by atoms with Crippen LogP contribution >= 0.6 is 11.6 Å². The van der Waals surface area contributed by atoms with Gasteiger partial charge < -0.3 is 5.32 Å². The largest absolute Gasteiger partial charge is 0.308 e. The highest BCUT2D eigenvalue weighted by molar-refractivity contribution is 6.30. The monoisotopic (exact) mass is 264 g/mol. The molecule has 0 aliphatic heterocycles. The molecule has 0 spiro atoms. The summed E-state index contributed by atoms with van der Waals surface area (Å²) in [6.45, 7) is 5.85. The van der Waals surface area contributed by atoms with E-state index in [-0.39, 0.29) is 0 Å². The number of halogens is 1. The molecule has 2 rings (SSSR count). The Balaban J connectivity index is 1.87. The molecule has 0 saturated heterocycles. The lowest BCUT2D eigenvalue weighted by molar-refractivity contribution is 0.449. The van der Waals surface area contributed by atoms with Gasteiger partial charge in [-0.3, -0.25) is 4.68 Å². The molecule has 96 valence electrons. The van der Waals surface area contributed by atoms with Gasteiger partial charge in [-0.25, -0.2) is 4.98 Å². The summed E-state index contributed by atoms with van der Waals surface area (Å²) in [5.74, 6) is 0. The van der Waals surface area contributed by atoms with E-state index in [4.69, 9.17) is 11.6 Å². The highest BCUT2D eigenvalue weighted by Crippen LogP contribution is 2.15. The van der Waals surface area contributed by atoms with Gasteiger partial charge in [0.15, 0.2) is 0 Å². The van der Waals surface area contributed by atoms with Gasteiger partial charge in [0, 0.05) is 17.6 Å². The fourth-order valence-electron chi connectivity index (χ4n) is 1.81. The first-order valence-corrected chi connectivity index (χ1v) is 6.34. The lowest BCUT2D eigenvalue weighted by Gasteiger charge is -2.14. The first-order valence-electron chi connectivity index (χ1n) is 5.96. The van der Waals surface area contributed by atoms with Gasteiger partial charge >= 0.3 is 0 Å². The summed E-state index contributed by atoms with van der Waals surface area (Å²) in [6, 6.07) is 6.31. The Morgan fingerprint density at radius 2 is 2.28 bits per heavy atom. The van der Waals surface area contributed by atoms with E-state index in [1.807, 2.05) is 16.8 Å². The van der Waals surface area contributed by atoms with Crippen LogP contribution in [-0.4, -0.2) is 20.8 Å². The molecule has 0 amide bonds. The van der Waals surface area contributed by atoms with Crippen molar-refractivity contribution in [3.8, 4) is 0 Å². The van der Waals surface area contributed by atoms with Crippen molar-refractivity contribution in [2.24, 2.45) is 0 Å². The molecule has 0 fully saturated rings. The zero-order chi connectivity index (χ0) is 13.0. The Hall–Kier alpha value is -1.39. The number of hydrogen-bond donors (Lipinski definition) is 1. The average molecular weight is 265 g/mol. The quantitative estimate of drug-likeness (QED) is 0.902. The molecule has 1 N–H and O–H groups in total. The Morgan fingerprint density at radius 3 is 2.94 bits per heavy atom. The van der Waals surface area contributed by atoms with Crippen LogP contribution in [0.2, 0.25) is 5.02 Å². The zero-order valence-electron chi connectivity index (χ0n) is 10.6. The Morgan fingerprint density at radius 1 is 1.44 bits per heavy atom. The second-order valence-electron chi connectivity index (χ2n) is 4.47. The SMILES string of the molecule is Cc1cc(Cl)ccc1CN[C@@H](C)Cn1cncn1. The molecule has 2 aromatic rings. The maximum atomic E-state index is 5.94. The zero-order valence-corrected chi connectivity index (χ0v) is 11.4. The minimum absolute atomic E-state index is 0.335. The Bertz CT molecular complexity index is 496. The molecule has 0 aliphatic rings. The van der Waals surface area contributed by atoms with Gasteiger partial charge in [0.25, 0.3) is 0 Å². The molecular weight excluding hydrogens is 248 g/mol. The number of aromatic nitrogens is 3. The number of rotatable bonds is 5. The van der Waals surface area contributed by atoms with Crippen molar-refractivity contribution in [3.05, 3.63) is 47.0 Å². The van der Waals surface area contributed by atoms with Gasteiger partial charge in [-0.1, -0.05) is 17.7 Å². The highest BCUT2D eigenvalue weighted by atomic mass is 35.5. The predicted octanol–water partition coefficient (Wildman–Crippen LogP) is 2.42. The van der Waals surface area contributed by atoms with Gasteiger partial charge in [-0.2, -0.15) is 5.10 Å². The van der Waals surface area contributed by atoms with Crippen molar-refractivity contribution in [2.75, 3.05) is 0 Å². The van der Waals surface area contributed by atoms with Crippen LogP contribution in [0.4, 0.5) is 0 Å². The van der Waals surface area contributed by atoms with E-state index >= 15 is 0 Å². The summed E-state index contributed by atoms with van der Waals surface area (Å²) in [6.07, 6.45) is 3.28. The number of hydrogen-bond acceptors (Lipinski definition) is 3. The second kappa shape index (κ2) is 5.98. The third-order valence-electron chi connectivity index (χ3n) is 2.87. The number of nitrogens with zero attached hydrogens (tertiary/aromatic N) is 3. The third-order valence-corrected chi connectivity index (χ3v) is 3.11. The summed E-state index contributed by atoms with van der Waals surface area (Å²) >= 11 is 5.94. The van der Waals surface area contributed by atoms with Crippen LogP contribution < -0.4 is 5.32 Å². The molecule has 1 atom stereocenters. The summed E-state index contributed by atoms with van der Waals surface area (Å²) in [5, 5.41) is 8.34. The molecule has 18 heavy (non-hydrogen) atoms. The van der Waals surface area contributed by atoms with E-state index in [2.05, 4.69) is 35.3 Å². The molecule has 1 aromatic heterocycles.